The van der Waals surface area contributed by atoms with E-state index < -0.39 is 6.10 Å². The van der Waals surface area contributed by atoms with E-state index in [-0.39, 0.29) is 11.9 Å². The molecule has 2 aromatic carbocycles. The predicted octanol–water partition coefficient (Wildman–Crippen LogP) is 2.11. The zero-order valence-electron chi connectivity index (χ0n) is 13.5. The zero-order valence-corrected chi connectivity index (χ0v) is 13.5. The van der Waals surface area contributed by atoms with Gasteiger partial charge in [-0.05, 0) is 46.7 Å². The molecule has 1 aliphatic heterocycles. The monoisotopic (exact) mass is 339 g/mol. The Morgan fingerprint density at radius 2 is 1.84 bits per heavy atom. The highest BCUT2D eigenvalue weighted by Gasteiger charge is 2.33. The van der Waals surface area contributed by atoms with Crippen LogP contribution in [0.1, 0.15) is 23.9 Å². The molecule has 1 aliphatic rings. The average Bonchev–Trinajstić information content (AvgIpc) is 3.23. The summed E-state index contributed by atoms with van der Waals surface area (Å²) >= 11 is 0. The molecule has 0 saturated carbocycles. The lowest BCUT2D eigenvalue weighted by Crippen LogP contribution is -2.26. The molecule has 0 aliphatic carbocycles. The van der Waals surface area contributed by atoms with Crippen LogP contribution in [-0.2, 0) is 6.54 Å². The van der Waals surface area contributed by atoms with Gasteiger partial charge < -0.3 is 5.11 Å². The zero-order chi connectivity index (χ0) is 17.2. The summed E-state index contributed by atoms with van der Waals surface area (Å²) in [6, 6.07) is 16.1. The number of para-hydroxylation sites is 1. The summed E-state index contributed by atoms with van der Waals surface area (Å²) in [7, 11) is 0. The number of halogens is 1. The second-order valence-electron chi connectivity index (χ2n) is 6.23. The number of aliphatic hydroxyl groups excluding tert-OH is 1. The number of β-amino-alcohol motifs (C(OH)–C–C–N with tert-alkyl or cyclic N) is 1. The Hall–Kier alpha value is -2.64. The van der Waals surface area contributed by atoms with E-state index >= 15 is 0 Å². The van der Waals surface area contributed by atoms with Crippen LogP contribution >= 0.6 is 0 Å². The number of tetrazole rings is 1. The largest absolute Gasteiger partial charge is 0.392 e. The standard InChI is InChI=1S/C18H18FN5O/c19-14-8-6-13(7-9-14)17-10-16(25)11-23(17)12-18-20-21-22-24(18)15-4-2-1-3-5-15/h1-9,16-17,25H,10-12H2/t16-,17+/m1/s1. The summed E-state index contributed by atoms with van der Waals surface area (Å²) < 4.78 is 14.9. The predicted molar refractivity (Wildman–Crippen MR) is 89.3 cm³/mol. The molecular weight excluding hydrogens is 321 g/mol. The van der Waals surface area contributed by atoms with Crippen LogP contribution in [-0.4, -0.2) is 42.9 Å². The molecule has 1 aromatic heterocycles. The molecule has 4 rings (SSSR count). The van der Waals surface area contributed by atoms with Crippen LogP contribution in [0.3, 0.4) is 0 Å². The summed E-state index contributed by atoms with van der Waals surface area (Å²) in [5.41, 5.74) is 1.87. The third kappa shape index (κ3) is 3.29. The van der Waals surface area contributed by atoms with Crippen LogP contribution in [0.4, 0.5) is 4.39 Å². The highest BCUT2D eigenvalue weighted by molar-refractivity contribution is 5.30. The van der Waals surface area contributed by atoms with Crippen LogP contribution in [0.25, 0.3) is 5.69 Å². The first kappa shape index (κ1) is 15.9. The highest BCUT2D eigenvalue weighted by Crippen LogP contribution is 2.33. The van der Waals surface area contributed by atoms with E-state index in [9.17, 15) is 9.50 Å². The second-order valence-corrected chi connectivity index (χ2v) is 6.23. The minimum absolute atomic E-state index is 0.0107. The Morgan fingerprint density at radius 1 is 1.08 bits per heavy atom. The maximum absolute atomic E-state index is 13.2. The molecule has 6 nitrogen and oxygen atoms in total. The number of hydrogen-bond acceptors (Lipinski definition) is 5. The molecule has 0 spiro atoms. The lowest BCUT2D eigenvalue weighted by Gasteiger charge is -2.23. The van der Waals surface area contributed by atoms with E-state index in [1.54, 1.807) is 16.8 Å². The van der Waals surface area contributed by atoms with Gasteiger partial charge in [0.1, 0.15) is 5.82 Å². The summed E-state index contributed by atoms with van der Waals surface area (Å²) in [6.07, 6.45) is 0.189. The first-order valence-corrected chi connectivity index (χ1v) is 8.21. The van der Waals surface area contributed by atoms with Crippen molar-refractivity contribution in [2.45, 2.75) is 25.1 Å². The van der Waals surface area contributed by atoms with Crippen molar-refractivity contribution >= 4 is 0 Å². The van der Waals surface area contributed by atoms with Gasteiger partial charge in [-0.25, -0.2) is 4.39 Å². The summed E-state index contributed by atoms with van der Waals surface area (Å²) in [5.74, 6) is 0.439. The lowest BCUT2D eigenvalue weighted by molar-refractivity contribution is 0.171. The van der Waals surface area contributed by atoms with E-state index in [0.29, 0.717) is 25.3 Å². The molecule has 1 fully saturated rings. The third-order valence-corrected chi connectivity index (χ3v) is 4.52. The lowest BCUT2D eigenvalue weighted by atomic mass is 10.0. The number of rotatable bonds is 4. The smallest absolute Gasteiger partial charge is 0.170 e. The molecule has 0 amide bonds. The Bertz CT molecular complexity index is 836. The molecule has 0 bridgehead atoms. The van der Waals surface area contributed by atoms with Gasteiger partial charge >= 0.3 is 0 Å². The van der Waals surface area contributed by atoms with Crippen LogP contribution in [0, 0.1) is 5.82 Å². The van der Waals surface area contributed by atoms with Crippen molar-refractivity contribution < 1.29 is 9.50 Å². The molecule has 0 radical (unpaired) electrons. The van der Waals surface area contributed by atoms with E-state index in [2.05, 4.69) is 20.4 Å². The van der Waals surface area contributed by atoms with Crippen molar-refractivity contribution in [1.29, 1.82) is 0 Å². The van der Waals surface area contributed by atoms with E-state index in [1.807, 2.05) is 30.3 Å². The number of likely N-dealkylation sites (tertiary alicyclic amines) is 1. The first-order chi connectivity index (χ1) is 12.2. The molecule has 128 valence electrons. The Morgan fingerprint density at radius 3 is 2.60 bits per heavy atom. The Kier molecular flexibility index (Phi) is 4.25. The molecule has 1 N–H and O–H groups in total. The SMILES string of the molecule is O[C@@H]1C[C@@H](c2ccc(F)cc2)N(Cc2nnnn2-c2ccccc2)C1. The van der Waals surface area contributed by atoms with Crippen molar-refractivity contribution in [3.05, 3.63) is 71.8 Å². The van der Waals surface area contributed by atoms with Gasteiger partial charge in [-0.15, -0.1) is 5.10 Å². The fourth-order valence-electron chi connectivity index (χ4n) is 3.34. The Balaban J connectivity index is 1.59. The van der Waals surface area contributed by atoms with Crippen molar-refractivity contribution in [3.63, 3.8) is 0 Å². The van der Waals surface area contributed by atoms with E-state index in [0.717, 1.165) is 11.3 Å². The molecule has 7 heteroatoms. The molecule has 0 unspecified atom stereocenters. The van der Waals surface area contributed by atoms with Crippen LogP contribution in [0.2, 0.25) is 0 Å². The van der Waals surface area contributed by atoms with Gasteiger partial charge in [0, 0.05) is 12.6 Å². The summed E-state index contributed by atoms with van der Waals surface area (Å²) in [5, 5.41) is 22.1. The van der Waals surface area contributed by atoms with Gasteiger partial charge in [0.15, 0.2) is 5.82 Å². The Labute approximate surface area is 144 Å². The van der Waals surface area contributed by atoms with E-state index in [4.69, 9.17) is 0 Å². The van der Waals surface area contributed by atoms with Crippen molar-refractivity contribution in [3.8, 4) is 5.69 Å². The maximum Gasteiger partial charge on any atom is 0.170 e. The summed E-state index contributed by atoms with van der Waals surface area (Å²) in [6.45, 7) is 1.03. The van der Waals surface area contributed by atoms with Crippen LogP contribution in [0.5, 0.6) is 0 Å². The normalized spacial score (nSPS) is 20.9. The number of hydrogen-bond donors (Lipinski definition) is 1. The van der Waals surface area contributed by atoms with Crippen molar-refractivity contribution in [2.24, 2.45) is 0 Å². The number of aromatic nitrogens is 4. The number of aliphatic hydroxyl groups is 1. The average molecular weight is 339 g/mol. The van der Waals surface area contributed by atoms with E-state index in [1.165, 1.54) is 12.1 Å². The van der Waals surface area contributed by atoms with Gasteiger partial charge in [-0.3, -0.25) is 4.90 Å². The van der Waals surface area contributed by atoms with Gasteiger partial charge in [0.2, 0.25) is 0 Å². The quantitative estimate of drug-likeness (QED) is 0.788. The van der Waals surface area contributed by atoms with Crippen molar-refractivity contribution in [2.75, 3.05) is 6.54 Å². The summed E-state index contributed by atoms with van der Waals surface area (Å²) in [4.78, 5) is 2.13. The van der Waals surface area contributed by atoms with Crippen molar-refractivity contribution in [1.82, 2.24) is 25.1 Å². The van der Waals surface area contributed by atoms with Gasteiger partial charge in [0.05, 0.1) is 18.3 Å². The molecule has 25 heavy (non-hydrogen) atoms. The van der Waals surface area contributed by atoms with Gasteiger partial charge in [-0.2, -0.15) is 4.68 Å². The molecule has 3 aromatic rings. The van der Waals surface area contributed by atoms with Crippen LogP contribution < -0.4 is 0 Å². The fourth-order valence-corrected chi connectivity index (χ4v) is 3.34. The third-order valence-electron chi connectivity index (χ3n) is 4.52. The van der Waals surface area contributed by atoms with Gasteiger partial charge in [-0.1, -0.05) is 30.3 Å². The molecule has 2 atom stereocenters. The molecule has 2 heterocycles. The second kappa shape index (κ2) is 6.70. The first-order valence-electron chi connectivity index (χ1n) is 8.21. The number of nitrogens with zero attached hydrogens (tertiary/aromatic N) is 5. The minimum atomic E-state index is -0.420. The maximum atomic E-state index is 13.2. The van der Waals surface area contributed by atoms with Gasteiger partial charge in [0.25, 0.3) is 0 Å². The fraction of sp³-hybridized carbons (Fsp3) is 0.278. The number of benzene rings is 2. The van der Waals surface area contributed by atoms with Crippen LogP contribution in [0.15, 0.2) is 54.6 Å². The molecular formula is C18H18FN5O. The molecule has 1 saturated heterocycles. The minimum Gasteiger partial charge on any atom is -0.392 e. The topological polar surface area (TPSA) is 67.1 Å². The highest BCUT2D eigenvalue weighted by atomic mass is 19.1.